The van der Waals surface area contributed by atoms with Crippen LogP contribution in [0.5, 0.6) is 0 Å². The van der Waals surface area contributed by atoms with Crippen LogP contribution in [0.4, 0.5) is 11.8 Å². The van der Waals surface area contributed by atoms with Crippen LogP contribution in [0.2, 0.25) is 0 Å². The summed E-state index contributed by atoms with van der Waals surface area (Å²) in [4.78, 5) is 8.24. The number of nitrogens with zero attached hydrogens (tertiary/aromatic N) is 2. The first-order valence-corrected chi connectivity index (χ1v) is 5.61. The topological polar surface area (TPSA) is 63.8 Å². The van der Waals surface area contributed by atoms with Crippen molar-refractivity contribution in [2.75, 3.05) is 11.1 Å². The summed E-state index contributed by atoms with van der Waals surface area (Å²) in [6.45, 7) is 0.677. The Bertz CT molecular complexity index is 452. The monoisotopic (exact) mass is 278 g/mol. The van der Waals surface area contributed by atoms with Gasteiger partial charge in [0.1, 0.15) is 10.4 Å². The first kappa shape index (κ1) is 10.9. The summed E-state index contributed by atoms with van der Waals surface area (Å²) in [6, 6.07) is 11.7. The first-order valence-electron chi connectivity index (χ1n) is 4.82. The molecule has 3 N–H and O–H groups in total. The number of nitrogens with one attached hydrogen (secondary N) is 1. The molecule has 82 valence electrons. The van der Waals surface area contributed by atoms with Crippen LogP contribution < -0.4 is 11.1 Å². The fourth-order valence-electron chi connectivity index (χ4n) is 1.29. The quantitative estimate of drug-likeness (QED) is 0.847. The van der Waals surface area contributed by atoms with Gasteiger partial charge in [0.05, 0.1) is 0 Å². The van der Waals surface area contributed by atoms with E-state index in [1.165, 1.54) is 5.56 Å². The van der Waals surface area contributed by atoms with Crippen LogP contribution in [-0.4, -0.2) is 9.97 Å². The summed E-state index contributed by atoms with van der Waals surface area (Å²) in [5, 5.41) is 3.11. The molecule has 0 aliphatic heterocycles. The molecule has 1 aromatic heterocycles. The lowest BCUT2D eigenvalue weighted by atomic mass is 10.2. The number of nitrogen functional groups attached to an aromatic ring is 1. The van der Waals surface area contributed by atoms with E-state index in [2.05, 4.69) is 31.2 Å². The average molecular weight is 279 g/mol. The van der Waals surface area contributed by atoms with Gasteiger partial charge in [0.25, 0.3) is 0 Å². The van der Waals surface area contributed by atoms with Crippen LogP contribution in [0.1, 0.15) is 5.56 Å². The molecule has 0 saturated carbocycles. The summed E-state index contributed by atoms with van der Waals surface area (Å²) in [6.07, 6.45) is 0. The zero-order valence-corrected chi connectivity index (χ0v) is 10.1. The molecule has 0 radical (unpaired) electrons. The number of benzene rings is 1. The lowest BCUT2D eigenvalue weighted by Gasteiger charge is -2.05. The molecule has 0 spiro atoms. The normalized spacial score (nSPS) is 10.1. The minimum atomic E-state index is 0.442. The Morgan fingerprint density at radius 3 is 2.62 bits per heavy atom. The standard InChI is InChI=1S/C11H11BrN4/c12-9-6-10(13)16-11(15-9)14-7-8-4-2-1-3-5-8/h1-6H,7H2,(H3,13,14,15,16). The van der Waals surface area contributed by atoms with Crippen molar-refractivity contribution in [1.82, 2.24) is 9.97 Å². The number of aromatic nitrogens is 2. The number of rotatable bonds is 3. The Hall–Kier alpha value is -1.62. The fraction of sp³-hybridized carbons (Fsp3) is 0.0909. The van der Waals surface area contributed by atoms with Gasteiger partial charge in [0.2, 0.25) is 5.95 Å². The van der Waals surface area contributed by atoms with Crippen molar-refractivity contribution in [3.05, 3.63) is 46.6 Å². The maximum absolute atomic E-state index is 5.61. The predicted octanol–water partition coefficient (Wildman–Crippen LogP) is 2.43. The summed E-state index contributed by atoms with van der Waals surface area (Å²) in [5.74, 6) is 0.966. The number of halogens is 1. The van der Waals surface area contributed by atoms with Gasteiger partial charge in [0.15, 0.2) is 0 Å². The third-order valence-corrected chi connectivity index (χ3v) is 2.41. The maximum atomic E-state index is 5.61. The van der Waals surface area contributed by atoms with Crippen LogP contribution in [0.25, 0.3) is 0 Å². The Kier molecular flexibility index (Phi) is 3.36. The highest BCUT2D eigenvalue weighted by Gasteiger charge is 1.99. The summed E-state index contributed by atoms with van der Waals surface area (Å²) < 4.78 is 0.676. The SMILES string of the molecule is Nc1cc(Br)nc(NCc2ccccc2)n1. The molecule has 4 nitrogen and oxygen atoms in total. The van der Waals surface area contributed by atoms with Crippen LogP contribution in [0.15, 0.2) is 41.0 Å². The molecule has 0 bridgehead atoms. The van der Waals surface area contributed by atoms with Crippen LogP contribution in [0.3, 0.4) is 0 Å². The second-order valence-electron chi connectivity index (χ2n) is 3.28. The number of hydrogen-bond donors (Lipinski definition) is 2. The third-order valence-electron chi connectivity index (χ3n) is 2.01. The smallest absolute Gasteiger partial charge is 0.225 e. The molecule has 0 amide bonds. The van der Waals surface area contributed by atoms with Gasteiger partial charge in [-0.25, -0.2) is 4.98 Å². The largest absolute Gasteiger partial charge is 0.383 e. The van der Waals surface area contributed by atoms with Gasteiger partial charge >= 0.3 is 0 Å². The second kappa shape index (κ2) is 4.94. The Morgan fingerprint density at radius 2 is 1.94 bits per heavy atom. The van der Waals surface area contributed by atoms with Gasteiger partial charge in [0, 0.05) is 12.6 Å². The summed E-state index contributed by atoms with van der Waals surface area (Å²) in [5.41, 5.74) is 6.78. The van der Waals surface area contributed by atoms with E-state index in [4.69, 9.17) is 5.73 Å². The van der Waals surface area contributed by atoms with Gasteiger partial charge < -0.3 is 11.1 Å². The first-order chi connectivity index (χ1) is 7.74. The van der Waals surface area contributed by atoms with Gasteiger partial charge in [-0.2, -0.15) is 4.98 Å². The van der Waals surface area contributed by atoms with Gasteiger partial charge in [-0.15, -0.1) is 0 Å². The molecular formula is C11H11BrN4. The Morgan fingerprint density at radius 1 is 1.19 bits per heavy atom. The molecule has 0 fully saturated rings. The minimum Gasteiger partial charge on any atom is -0.383 e. The van der Waals surface area contributed by atoms with Crippen molar-refractivity contribution in [3.63, 3.8) is 0 Å². The molecule has 0 unspecified atom stereocenters. The second-order valence-corrected chi connectivity index (χ2v) is 4.09. The van der Waals surface area contributed by atoms with E-state index >= 15 is 0 Å². The highest BCUT2D eigenvalue weighted by molar-refractivity contribution is 9.10. The number of hydrogen-bond acceptors (Lipinski definition) is 4. The average Bonchev–Trinajstić information content (AvgIpc) is 2.27. The van der Waals surface area contributed by atoms with Crippen molar-refractivity contribution >= 4 is 27.7 Å². The van der Waals surface area contributed by atoms with Gasteiger partial charge in [-0.05, 0) is 21.5 Å². The molecule has 2 aromatic rings. The zero-order chi connectivity index (χ0) is 11.4. The maximum Gasteiger partial charge on any atom is 0.225 e. The number of anilines is 2. The van der Waals surface area contributed by atoms with Crippen LogP contribution >= 0.6 is 15.9 Å². The van der Waals surface area contributed by atoms with E-state index in [1.807, 2.05) is 30.3 Å². The van der Waals surface area contributed by atoms with Crippen molar-refractivity contribution in [2.24, 2.45) is 0 Å². The van der Waals surface area contributed by atoms with Gasteiger partial charge in [-0.1, -0.05) is 30.3 Å². The molecule has 16 heavy (non-hydrogen) atoms. The fourth-order valence-corrected chi connectivity index (χ4v) is 1.69. The van der Waals surface area contributed by atoms with Crippen LogP contribution in [-0.2, 0) is 6.54 Å². The third kappa shape index (κ3) is 2.93. The van der Waals surface area contributed by atoms with E-state index in [1.54, 1.807) is 6.07 Å². The van der Waals surface area contributed by atoms with Crippen molar-refractivity contribution in [3.8, 4) is 0 Å². The highest BCUT2D eigenvalue weighted by atomic mass is 79.9. The molecule has 0 atom stereocenters. The Labute approximate surface area is 102 Å². The minimum absolute atomic E-state index is 0.442. The molecule has 2 rings (SSSR count). The van der Waals surface area contributed by atoms with Crippen molar-refractivity contribution < 1.29 is 0 Å². The molecular weight excluding hydrogens is 268 g/mol. The molecule has 0 aliphatic carbocycles. The predicted molar refractivity (Wildman–Crippen MR) is 67.9 cm³/mol. The van der Waals surface area contributed by atoms with Crippen LogP contribution in [0, 0.1) is 0 Å². The van der Waals surface area contributed by atoms with E-state index in [0.717, 1.165) is 0 Å². The lowest BCUT2D eigenvalue weighted by Crippen LogP contribution is -2.05. The zero-order valence-electron chi connectivity index (χ0n) is 8.52. The van der Waals surface area contributed by atoms with E-state index < -0.39 is 0 Å². The molecule has 0 saturated heterocycles. The number of nitrogens with two attached hydrogens (primary N) is 1. The molecule has 0 aliphatic rings. The molecule has 1 aromatic carbocycles. The Balaban J connectivity index is 2.05. The van der Waals surface area contributed by atoms with Gasteiger partial charge in [-0.3, -0.25) is 0 Å². The molecule has 1 heterocycles. The van der Waals surface area contributed by atoms with Crippen molar-refractivity contribution in [2.45, 2.75) is 6.54 Å². The lowest BCUT2D eigenvalue weighted by molar-refractivity contribution is 1.05. The van der Waals surface area contributed by atoms with E-state index in [9.17, 15) is 0 Å². The van der Waals surface area contributed by atoms with Crippen molar-refractivity contribution in [1.29, 1.82) is 0 Å². The van der Waals surface area contributed by atoms with E-state index in [0.29, 0.717) is 22.9 Å². The summed E-state index contributed by atoms with van der Waals surface area (Å²) >= 11 is 3.27. The molecule has 5 heteroatoms. The highest BCUT2D eigenvalue weighted by Crippen LogP contribution is 2.13. The summed E-state index contributed by atoms with van der Waals surface area (Å²) in [7, 11) is 0. The van der Waals surface area contributed by atoms with E-state index in [-0.39, 0.29) is 0 Å².